The Morgan fingerprint density at radius 2 is 2.44 bits per heavy atom. The first-order chi connectivity index (χ1) is 7.70. The van der Waals surface area contributed by atoms with Crippen LogP contribution in [0.3, 0.4) is 0 Å². The molecule has 4 heteroatoms. The molecule has 3 nitrogen and oxygen atoms in total. The Hall–Kier alpha value is -1.42. The summed E-state index contributed by atoms with van der Waals surface area (Å²) < 4.78 is 17.8. The molecule has 1 aliphatic heterocycles. The van der Waals surface area contributed by atoms with Crippen molar-refractivity contribution in [2.24, 2.45) is 0 Å². The molecule has 1 aromatic rings. The number of carbonyl (C=O) groups excluding carboxylic acids is 1. The second kappa shape index (κ2) is 4.61. The first-order valence-corrected chi connectivity index (χ1v) is 5.26. The van der Waals surface area contributed by atoms with E-state index in [1.54, 1.807) is 6.07 Å². The van der Waals surface area contributed by atoms with Crippen molar-refractivity contribution in [2.45, 2.75) is 18.9 Å². The maximum absolute atomic E-state index is 13.2. The molecule has 0 radical (unpaired) electrons. The van der Waals surface area contributed by atoms with Crippen molar-refractivity contribution in [3.8, 4) is 0 Å². The summed E-state index contributed by atoms with van der Waals surface area (Å²) in [6.07, 6.45) is 0.292. The summed E-state index contributed by atoms with van der Waals surface area (Å²) in [4.78, 5) is 11.2. The van der Waals surface area contributed by atoms with E-state index in [1.807, 2.05) is 0 Å². The van der Waals surface area contributed by atoms with Gasteiger partial charge < -0.3 is 10.1 Å². The van der Waals surface area contributed by atoms with E-state index >= 15 is 0 Å². The Kier molecular flexibility index (Phi) is 3.19. The third-order valence-corrected chi connectivity index (χ3v) is 2.89. The Bertz CT molecular complexity index is 406. The van der Waals surface area contributed by atoms with E-state index in [4.69, 9.17) is 0 Å². The number of ether oxygens (including phenoxy) is 1. The SMILES string of the molecule is COC(=O)CC1CNCc2ccc(F)cc21. The highest BCUT2D eigenvalue weighted by molar-refractivity contribution is 5.70. The Morgan fingerprint density at radius 1 is 1.62 bits per heavy atom. The predicted molar refractivity (Wildman–Crippen MR) is 57.5 cm³/mol. The molecule has 1 N–H and O–H groups in total. The number of benzene rings is 1. The molecule has 0 bridgehead atoms. The minimum atomic E-state index is -0.260. The number of methoxy groups -OCH3 is 1. The van der Waals surface area contributed by atoms with Crippen LogP contribution >= 0.6 is 0 Å². The quantitative estimate of drug-likeness (QED) is 0.773. The minimum Gasteiger partial charge on any atom is -0.469 e. The molecule has 86 valence electrons. The Morgan fingerprint density at radius 3 is 3.19 bits per heavy atom. The van der Waals surface area contributed by atoms with Gasteiger partial charge in [-0.2, -0.15) is 0 Å². The molecular formula is C12H14FNO2. The topological polar surface area (TPSA) is 38.3 Å². The highest BCUT2D eigenvalue weighted by Gasteiger charge is 2.23. The van der Waals surface area contributed by atoms with Gasteiger partial charge in [0.1, 0.15) is 5.82 Å². The Labute approximate surface area is 93.6 Å². The van der Waals surface area contributed by atoms with Gasteiger partial charge in [-0.3, -0.25) is 4.79 Å². The van der Waals surface area contributed by atoms with E-state index in [9.17, 15) is 9.18 Å². The van der Waals surface area contributed by atoms with Gasteiger partial charge in [-0.05, 0) is 23.3 Å². The number of nitrogens with one attached hydrogen (secondary N) is 1. The van der Waals surface area contributed by atoms with Crippen LogP contribution in [-0.2, 0) is 16.1 Å². The number of fused-ring (bicyclic) bond motifs is 1. The van der Waals surface area contributed by atoms with Gasteiger partial charge in [-0.25, -0.2) is 4.39 Å². The standard InChI is InChI=1S/C12H14FNO2/c1-16-12(15)4-9-7-14-6-8-2-3-10(13)5-11(8)9/h2-3,5,9,14H,4,6-7H2,1H3. The van der Waals surface area contributed by atoms with Gasteiger partial charge in [0.2, 0.25) is 0 Å². The van der Waals surface area contributed by atoms with E-state index in [0.29, 0.717) is 13.0 Å². The van der Waals surface area contributed by atoms with Crippen molar-refractivity contribution in [1.29, 1.82) is 0 Å². The molecule has 2 rings (SSSR count). The van der Waals surface area contributed by atoms with Crippen molar-refractivity contribution in [2.75, 3.05) is 13.7 Å². The monoisotopic (exact) mass is 223 g/mol. The van der Waals surface area contributed by atoms with Crippen LogP contribution in [0.5, 0.6) is 0 Å². The van der Waals surface area contributed by atoms with Crippen LogP contribution in [-0.4, -0.2) is 19.6 Å². The molecule has 1 aromatic carbocycles. The molecule has 0 aromatic heterocycles. The first-order valence-electron chi connectivity index (χ1n) is 5.26. The summed E-state index contributed by atoms with van der Waals surface area (Å²) in [7, 11) is 1.37. The fraction of sp³-hybridized carbons (Fsp3) is 0.417. The van der Waals surface area contributed by atoms with E-state index < -0.39 is 0 Å². The highest BCUT2D eigenvalue weighted by Crippen LogP contribution is 2.27. The summed E-state index contributed by atoms with van der Waals surface area (Å²) >= 11 is 0. The maximum Gasteiger partial charge on any atom is 0.306 e. The highest BCUT2D eigenvalue weighted by atomic mass is 19.1. The number of esters is 1. The van der Waals surface area contributed by atoms with E-state index in [2.05, 4.69) is 10.1 Å². The fourth-order valence-corrected chi connectivity index (χ4v) is 2.06. The van der Waals surface area contributed by atoms with E-state index in [1.165, 1.54) is 19.2 Å². The molecule has 16 heavy (non-hydrogen) atoms. The zero-order chi connectivity index (χ0) is 11.5. The lowest BCUT2D eigenvalue weighted by Gasteiger charge is -2.25. The molecule has 1 atom stereocenters. The van der Waals surface area contributed by atoms with Crippen molar-refractivity contribution < 1.29 is 13.9 Å². The maximum atomic E-state index is 13.2. The van der Waals surface area contributed by atoms with Crippen LogP contribution in [0.25, 0.3) is 0 Å². The summed E-state index contributed by atoms with van der Waals surface area (Å²) in [5, 5.41) is 3.21. The van der Waals surface area contributed by atoms with Crippen LogP contribution in [0.15, 0.2) is 18.2 Å². The molecule has 0 saturated carbocycles. The largest absolute Gasteiger partial charge is 0.469 e. The minimum absolute atomic E-state index is 0.00639. The molecule has 0 saturated heterocycles. The predicted octanol–water partition coefficient (Wildman–Crippen LogP) is 1.58. The first kappa shape index (κ1) is 11.1. The van der Waals surface area contributed by atoms with Crippen molar-refractivity contribution in [1.82, 2.24) is 5.32 Å². The lowest BCUT2D eigenvalue weighted by Crippen LogP contribution is -2.29. The van der Waals surface area contributed by atoms with Gasteiger partial charge in [-0.1, -0.05) is 6.07 Å². The molecule has 0 amide bonds. The van der Waals surface area contributed by atoms with Gasteiger partial charge in [0.05, 0.1) is 13.5 Å². The number of halogens is 1. The molecular weight excluding hydrogens is 209 g/mol. The third kappa shape index (κ3) is 2.22. The lowest BCUT2D eigenvalue weighted by atomic mass is 9.88. The van der Waals surface area contributed by atoms with Crippen molar-refractivity contribution in [3.63, 3.8) is 0 Å². The van der Waals surface area contributed by atoms with Crippen molar-refractivity contribution in [3.05, 3.63) is 35.1 Å². The van der Waals surface area contributed by atoms with Gasteiger partial charge in [0, 0.05) is 19.0 Å². The second-order valence-corrected chi connectivity index (χ2v) is 3.95. The molecule has 0 spiro atoms. The second-order valence-electron chi connectivity index (χ2n) is 3.95. The number of carbonyl (C=O) groups is 1. The summed E-state index contributed by atoms with van der Waals surface area (Å²) in [6, 6.07) is 4.73. The Balaban J connectivity index is 2.24. The number of hydrogen-bond acceptors (Lipinski definition) is 3. The average Bonchev–Trinajstić information content (AvgIpc) is 2.29. The van der Waals surface area contributed by atoms with Crippen molar-refractivity contribution >= 4 is 5.97 Å². The van der Waals surface area contributed by atoms with Crippen LogP contribution < -0.4 is 5.32 Å². The molecule has 0 aliphatic carbocycles. The zero-order valence-corrected chi connectivity index (χ0v) is 9.13. The van der Waals surface area contributed by atoms with Crippen LogP contribution in [0.4, 0.5) is 4.39 Å². The third-order valence-electron chi connectivity index (χ3n) is 2.89. The molecule has 1 aliphatic rings. The number of hydrogen-bond donors (Lipinski definition) is 1. The van der Waals surface area contributed by atoms with Gasteiger partial charge in [-0.15, -0.1) is 0 Å². The molecule has 1 unspecified atom stereocenters. The number of rotatable bonds is 2. The molecule has 0 fully saturated rings. The van der Waals surface area contributed by atoms with Crippen LogP contribution in [0.2, 0.25) is 0 Å². The smallest absolute Gasteiger partial charge is 0.306 e. The van der Waals surface area contributed by atoms with Crippen LogP contribution in [0.1, 0.15) is 23.5 Å². The van der Waals surface area contributed by atoms with Gasteiger partial charge >= 0.3 is 5.97 Å². The summed E-state index contributed by atoms with van der Waals surface area (Å²) in [6.45, 7) is 1.42. The summed E-state index contributed by atoms with van der Waals surface area (Å²) in [5.74, 6) is -0.508. The van der Waals surface area contributed by atoms with E-state index in [0.717, 1.165) is 17.7 Å². The summed E-state index contributed by atoms with van der Waals surface area (Å²) in [5.41, 5.74) is 1.98. The normalized spacial score (nSPS) is 19.0. The van der Waals surface area contributed by atoms with Crippen LogP contribution in [0, 0.1) is 5.82 Å². The fourth-order valence-electron chi connectivity index (χ4n) is 2.06. The lowest BCUT2D eigenvalue weighted by molar-refractivity contribution is -0.141. The van der Waals surface area contributed by atoms with Gasteiger partial charge in [0.25, 0.3) is 0 Å². The zero-order valence-electron chi connectivity index (χ0n) is 9.13. The average molecular weight is 223 g/mol. The van der Waals surface area contributed by atoms with Gasteiger partial charge in [0.15, 0.2) is 0 Å². The molecule has 1 heterocycles. The van der Waals surface area contributed by atoms with E-state index in [-0.39, 0.29) is 17.7 Å².